The second kappa shape index (κ2) is 15.6. The van der Waals surface area contributed by atoms with Gasteiger partial charge in [-0.3, -0.25) is 0 Å². The number of sulfonamides is 2. The second-order valence-corrected chi connectivity index (χ2v) is 13.2. The first-order valence-electron chi connectivity index (χ1n) is 13.7. The highest BCUT2D eigenvalue weighted by Gasteiger charge is 2.38. The van der Waals surface area contributed by atoms with Crippen LogP contribution in [0.1, 0.15) is 57.8 Å². The van der Waals surface area contributed by atoms with Crippen LogP contribution in [0.15, 0.2) is 94.7 Å². The summed E-state index contributed by atoms with van der Waals surface area (Å²) >= 11 is 0. The number of nitrogens with zero attached hydrogens (tertiary/aromatic N) is 1. The summed E-state index contributed by atoms with van der Waals surface area (Å²) in [5, 5.41) is 3.18. The minimum atomic E-state index is -4.48. The largest absolute Gasteiger partial charge is 0.491 e. The van der Waals surface area contributed by atoms with Gasteiger partial charge in [0.05, 0.1) is 16.4 Å². The molecule has 0 aliphatic rings. The lowest BCUT2D eigenvalue weighted by Gasteiger charge is -2.26. The number of anilines is 1. The fourth-order valence-electron chi connectivity index (χ4n) is 4.32. The highest BCUT2D eigenvalue weighted by atomic mass is 32.3. The molecule has 0 saturated carbocycles. The zero-order valence-corrected chi connectivity index (χ0v) is 24.3. The first-order valence-corrected chi connectivity index (χ1v) is 16.5. The zero-order valence-electron chi connectivity index (χ0n) is 22.7. The summed E-state index contributed by atoms with van der Waals surface area (Å²) in [6.45, 7) is 1.45. The third kappa shape index (κ3) is 8.81. The van der Waals surface area contributed by atoms with Crippen molar-refractivity contribution in [3.63, 3.8) is 0 Å². The lowest BCUT2D eigenvalue weighted by molar-refractivity contribution is 0.305. The Hall–Kier alpha value is -2.88. The van der Waals surface area contributed by atoms with Crippen molar-refractivity contribution in [3.8, 4) is 5.75 Å². The summed E-state index contributed by atoms with van der Waals surface area (Å²) in [5.41, 5.74) is -0.0384. The van der Waals surface area contributed by atoms with E-state index in [4.69, 9.17) is 4.74 Å². The van der Waals surface area contributed by atoms with Crippen LogP contribution in [0, 0.1) is 0 Å². The molecule has 3 rings (SSSR count). The van der Waals surface area contributed by atoms with Gasteiger partial charge in [0.25, 0.3) is 20.0 Å². The van der Waals surface area contributed by atoms with Gasteiger partial charge in [-0.05, 0) is 62.8 Å². The van der Waals surface area contributed by atoms with Crippen molar-refractivity contribution in [1.82, 2.24) is 5.32 Å². The normalized spacial score (nSPS) is 11.8. The number of ether oxygens (including phenoxy) is 1. The Balaban J connectivity index is 1.70. The van der Waals surface area contributed by atoms with Gasteiger partial charge in [0.1, 0.15) is 11.4 Å². The smallest absolute Gasteiger partial charge is 0.277 e. The van der Waals surface area contributed by atoms with Gasteiger partial charge in [-0.25, -0.2) is 16.8 Å². The van der Waals surface area contributed by atoms with Crippen LogP contribution >= 0.6 is 0 Å². The molecule has 39 heavy (non-hydrogen) atoms. The molecule has 0 aromatic heterocycles. The van der Waals surface area contributed by atoms with Crippen molar-refractivity contribution in [2.75, 3.05) is 23.9 Å². The van der Waals surface area contributed by atoms with Crippen molar-refractivity contribution in [1.29, 1.82) is 0 Å². The molecule has 0 unspecified atom stereocenters. The molecule has 3 aromatic rings. The predicted octanol–water partition coefficient (Wildman–Crippen LogP) is 6.38. The van der Waals surface area contributed by atoms with E-state index >= 15 is 0 Å². The highest BCUT2D eigenvalue weighted by molar-refractivity contribution is 8.10. The van der Waals surface area contributed by atoms with Gasteiger partial charge in [0, 0.05) is 0 Å². The first kappa shape index (κ1) is 30.7. The molecule has 0 saturated heterocycles. The highest BCUT2D eigenvalue weighted by Crippen LogP contribution is 2.37. The van der Waals surface area contributed by atoms with Crippen LogP contribution in [0.4, 0.5) is 5.69 Å². The Morgan fingerprint density at radius 3 is 1.54 bits per heavy atom. The number of hydrogen-bond acceptors (Lipinski definition) is 6. The molecule has 1 N–H and O–H groups in total. The van der Waals surface area contributed by atoms with Crippen LogP contribution in [0.5, 0.6) is 5.75 Å². The van der Waals surface area contributed by atoms with Crippen molar-refractivity contribution in [2.45, 2.75) is 67.6 Å². The van der Waals surface area contributed by atoms with E-state index in [1.165, 1.54) is 68.9 Å². The van der Waals surface area contributed by atoms with Crippen molar-refractivity contribution in [3.05, 3.63) is 84.9 Å². The average molecular weight is 573 g/mol. The first-order chi connectivity index (χ1) is 18.9. The minimum absolute atomic E-state index is 0.0384. The fraction of sp³-hybridized carbons (Fsp3) is 0.400. The average Bonchev–Trinajstić information content (AvgIpc) is 2.95. The van der Waals surface area contributed by atoms with Crippen LogP contribution in [0.2, 0.25) is 0 Å². The van der Waals surface area contributed by atoms with Crippen LogP contribution in [-0.4, -0.2) is 37.0 Å². The fourth-order valence-corrected chi connectivity index (χ4v) is 8.07. The summed E-state index contributed by atoms with van der Waals surface area (Å²) in [6.07, 6.45) is 10.3. The molecule has 212 valence electrons. The van der Waals surface area contributed by atoms with E-state index < -0.39 is 20.0 Å². The van der Waals surface area contributed by atoms with Crippen LogP contribution in [-0.2, 0) is 20.0 Å². The van der Waals surface area contributed by atoms with Gasteiger partial charge in [-0.2, -0.15) is 3.71 Å². The quantitative estimate of drug-likeness (QED) is 0.178. The zero-order chi connectivity index (χ0) is 28.0. The molecule has 0 heterocycles. The van der Waals surface area contributed by atoms with E-state index in [-0.39, 0.29) is 21.2 Å². The molecule has 0 amide bonds. The third-order valence-corrected chi connectivity index (χ3v) is 10.6. The third-order valence-electron chi connectivity index (χ3n) is 6.41. The summed E-state index contributed by atoms with van der Waals surface area (Å²) in [6, 6.07) is 21.5. The maximum atomic E-state index is 13.8. The Bertz CT molecular complexity index is 1260. The lowest BCUT2D eigenvalue weighted by Crippen LogP contribution is -2.37. The number of rotatable bonds is 18. The molecular formula is C30H40N2O5S2. The maximum absolute atomic E-state index is 13.8. The summed E-state index contributed by atoms with van der Waals surface area (Å²) in [7, 11) is -6.97. The maximum Gasteiger partial charge on any atom is 0.277 e. The van der Waals surface area contributed by atoms with Gasteiger partial charge in [-0.15, -0.1) is 0 Å². The van der Waals surface area contributed by atoms with E-state index in [0.29, 0.717) is 10.3 Å². The molecule has 0 spiro atoms. The number of para-hydroxylation sites is 2. The van der Waals surface area contributed by atoms with Gasteiger partial charge < -0.3 is 10.1 Å². The molecule has 0 fully saturated rings. The van der Waals surface area contributed by atoms with Gasteiger partial charge in [0.2, 0.25) is 0 Å². The summed E-state index contributed by atoms with van der Waals surface area (Å²) in [5.74, 6) is 0.207. The molecule has 0 bridgehead atoms. The standard InChI is InChI=1S/C30H40N2O5S2/c1-31-25-17-7-5-3-2-4-6-8-18-26-37-30-24-16-15-23-29(30)32(38(33,34)27-19-11-9-12-20-27)39(35,36)28-21-13-10-14-22-28/h9-16,19-24,31H,2-8,17-18,25-26H2,1H3. The van der Waals surface area contributed by atoms with E-state index in [0.717, 1.165) is 25.8 Å². The molecule has 0 aliphatic carbocycles. The molecule has 0 aliphatic heterocycles. The number of unbranched alkanes of at least 4 members (excludes halogenated alkanes) is 8. The lowest BCUT2D eigenvalue weighted by atomic mass is 10.1. The Labute approximate surface area is 234 Å². The van der Waals surface area contributed by atoms with Crippen LogP contribution in [0.25, 0.3) is 0 Å². The monoisotopic (exact) mass is 572 g/mol. The molecule has 3 aromatic carbocycles. The van der Waals surface area contributed by atoms with Gasteiger partial charge in [0.15, 0.2) is 0 Å². The number of hydrogen-bond donors (Lipinski definition) is 1. The topological polar surface area (TPSA) is 92.8 Å². The number of benzene rings is 3. The number of nitrogens with one attached hydrogen (secondary N) is 1. The van der Waals surface area contributed by atoms with Gasteiger partial charge in [-0.1, -0.05) is 93.5 Å². The Morgan fingerprint density at radius 1 is 0.590 bits per heavy atom. The van der Waals surface area contributed by atoms with Crippen molar-refractivity contribution < 1.29 is 21.6 Å². The predicted molar refractivity (Wildman–Crippen MR) is 157 cm³/mol. The molecule has 0 atom stereocenters. The minimum Gasteiger partial charge on any atom is -0.491 e. The van der Waals surface area contributed by atoms with E-state index in [2.05, 4.69) is 5.32 Å². The Morgan fingerprint density at radius 2 is 1.03 bits per heavy atom. The van der Waals surface area contributed by atoms with Crippen molar-refractivity contribution in [2.24, 2.45) is 0 Å². The summed E-state index contributed by atoms with van der Waals surface area (Å²) in [4.78, 5) is -0.248. The molecule has 7 nitrogen and oxygen atoms in total. The summed E-state index contributed by atoms with van der Waals surface area (Å²) < 4.78 is 61.6. The van der Waals surface area contributed by atoms with E-state index in [1.54, 1.807) is 54.6 Å². The van der Waals surface area contributed by atoms with Crippen LogP contribution in [0.3, 0.4) is 0 Å². The molecule has 0 radical (unpaired) electrons. The molecular weight excluding hydrogens is 532 g/mol. The molecule has 9 heteroatoms. The second-order valence-electron chi connectivity index (χ2n) is 9.44. The van der Waals surface area contributed by atoms with E-state index in [1.807, 2.05) is 7.05 Å². The van der Waals surface area contributed by atoms with E-state index in [9.17, 15) is 16.8 Å². The SMILES string of the molecule is CNCCCCCCCCCCCOc1ccccc1N(S(=O)(=O)c1ccccc1)S(=O)(=O)c1ccccc1. The van der Waals surface area contributed by atoms with Crippen molar-refractivity contribution >= 4 is 25.7 Å². The van der Waals surface area contributed by atoms with Gasteiger partial charge >= 0.3 is 0 Å². The Kier molecular flexibility index (Phi) is 12.3. The van der Waals surface area contributed by atoms with Crippen LogP contribution < -0.4 is 13.8 Å².